The second-order valence-corrected chi connectivity index (χ2v) is 9.66. The number of methoxy groups -OCH3 is 1. The Balaban J connectivity index is 1.66. The maximum Gasteiger partial charge on any atom is 0.346 e. The molecule has 1 aliphatic heterocycles. The smallest absolute Gasteiger partial charge is 0.346 e. The van der Waals surface area contributed by atoms with Crippen molar-refractivity contribution in [3.8, 4) is 28.5 Å². The van der Waals surface area contributed by atoms with Gasteiger partial charge in [-0.3, -0.25) is 0 Å². The minimum Gasteiger partial charge on any atom is -0.479 e. The van der Waals surface area contributed by atoms with Crippen LogP contribution in [0, 0.1) is 0 Å². The second kappa shape index (κ2) is 9.60. The third-order valence-corrected chi connectivity index (χ3v) is 6.15. The molecule has 178 valence electrons. The van der Waals surface area contributed by atoms with Crippen LogP contribution in [-0.2, 0) is 24.1 Å². The molecule has 1 unspecified atom stereocenters. The summed E-state index contributed by atoms with van der Waals surface area (Å²) >= 11 is 0. The van der Waals surface area contributed by atoms with Crippen molar-refractivity contribution in [1.82, 2.24) is 4.98 Å². The highest BCUT2D eigenvalue weighted by Gasteiger charge is 2.18. The number of aliphatic imine (C=N–C) groups is 1. The Morgan fingerprint density at radius 2 is 1.74 bits per heavy atom. The Morgan fingerprint density at radius 1 is 1.03 bits per heavy atom. The lowest BCUT2D eigenvalue weighted by atomic mass is 10.1. The topological polar surface area (TPSA) is 116 Å². The summed E-state index contributed by atoms with van der Waals surface area (Å²) < 4.78 is 45.4. The van der Waals surface area contributed by atoms with E-state index in [2.05, 4.69) is 9.98 Å². The molecule has 0 saturated carbocycles. The monoisotopic (exact) mass is 484 g/mol. The zero-order valence-corrected chi connectivity index (χ0v) is 19.7. The number of nitrogens with zero attached hydrogens (tertiary/aromatic N) is 1. The predicted molar refractivity (Wildman–Crippen MR) is 125 cm³/mol. The molecule has 34 heavy (non-hydrogen) atoms. The van der Waals surface area contributed by atoms with Crippen LogP contribution in [0.3, 0.4) is 0 Å². The van der Waals surface area contributed by atoms with Gasteiger partial charge in [0.25, 0.3) is 0 Å². The van der Waals surface area contributed by atoms with Crippen molar-refractivity contribution in [2.45, 2.75) is 17.9 Å². The maximum absolute atomic E-state index is 11.8. The van der Waals surface area contributed by atoms with Gasteiger partial charge in [-0.25, -0.2) is 18.2 Å². The van der Waals surface area contributed by atoms with Crippen molar-refractivity contribution < 1.29 is 32.2 Å². The van der Waals surface area contributed by atoms with Crippen molar-refractivity contribution in [1.29, 1.82) is 0 Å². The standard InChI is InChI=1S/C24H24N2O7S/c1-15(24(27)30-2)32-18-12-16(21-8-9-22(26-21)23-25-10-11-31-23)13-19(14-18)33-17-4-6-20(7-5-17)34(3,28)29/h4-9,12-15,26H,10-11H2,1-3H3. The number of ether oxygens (including phenoxy) is 4. The van der Waals surface area contributed by atoms with E-state index >= 15 is 0 Å². The van der Waals surface area contributed by atoms with Gasteiger partial charge in [-0.05, 0) is 55.5 Å². The predicted octanol–water partition coefficient (Wildman–Crippen LogP) is 3.59. The average molecular weight is 485 g/mol. The molecule has 2 heterocycles. The number of hydrogen-bond donors (Lipinski definition) is 1. The van der Waals surface area contributed by atoms with Crippen molar-refractivity contribution in [2.75, 3.05) is 26.5 Å². The number of carbonyl (C=O) groups excluding carboxylic acids is 1. The Morgan fingerprint density at radius 3 is 2.38 bits per heavy atom. The summed E-state index contributed by atoms with van der Waals surface area (Å²) in [6.07, 6.45) is 0.313. The molecule has 1 N–H and O–H groups in total. The fraction of sp³-hybridized carbons (Fsp3) is 0.250. The minimum atomic E-state index is -3.31. The van der Waals surface area contributed by atoms with Crippen LogP contribution in [0.5, 0.6) is 17.2 Å². The van der Waals surface area contributed by atoms with E-state index in [4.69, 9.17) is 18.9 Å². The van der Waals surface area contributed by atoms with E-state index in [-0.39, 0.29) is 4.90 Å². The van der Waals surface area contributed by atoms with Crippen LogP contribution >= 0.6 is 0 Å². The fourth-order valence-corrected chi connectivity index (χ4v) is 3.98. The quantitative estimate of drug-likeness (QED) is 0.486. The largest absolute Gasteiger partial charge is 0.479 e. The maximum atomic E-state index is 11.8. The number of aromatic amines is 1. The number of H-pyrrole nitrogens is 1. The van der Waals surface area contributed by atoms with Crippen LogP contribution in [-0.4, -0.2) is 57.9 Å². The number of carbonyl (C=O) groups is 1. The number of nitrogens with one attached hydrogen (secondary N) is 1. The van der Waals surface area contributed by atoms with E-state index in [0.29, 0.717) is 36.3 Å². The van der Waals surface area contributed by atoms with Gasteiger partial charge in [-0.2, -0.15) is 0 Å². The molecule has 0 amide bonds. The number of aromatic nitrogens is 1. The number of sulfone groups is 1. The summed E-state index contributed by atoms with van der Waals surface area (Å²) in [6, 6.07) is 15.1. The highest BCUT2D eigenvalue weighted by molar-refractivity contribution is 7.90. The lowest BCUT2D eigenvalue weighted by Crippen LogP contribution is -2.24. The van der Waals surface area contributed by atoms with E-state index < -0.39 is 21.9 Å². The Hall–Kier alpha value is -3.79. The van der Waals surface area contributed by atoms with Gasteiger partial charge in [0, 0.05) is 23.6 Å². The molecule has 0 aliphatic carbocycles. The molecule has 1 aromatic heterocycles. The number of rotatable bonds is 8. The number of esters is 1. The van der Waals surface area contributed by atoms with E-state index in [1.54, 1.807) is 37.3 Å². The fourth-order valence-electron chi connectivity index (χ4n) is 3.35. The number of benzene rings is 2. The average Bonchev–Trinajstić information content (AvgIpc) is 3.50. The van der Waals surface area contributed by atoms with Crippen LogP contribution in [0.4, 0.5) is 0 Å². The summed E-state index contributed by atoms with van der Waals surface area (Å²) in [5.41, 5.74) is 2.25. The summed E-state index contributed by atoms with van der Waals surface area (Å²) in [5, 5.41) is 0. The summed E-state index contributed by atoms with van der Waals surface area (Å²) in [7, 11) is -2.02. The van der Waals surface area contributed by atoms with Gasteiger partial charge >= 0.3 is 5.97 Å². The van der Waals surface area contributed by atoms with E-state index in [1.165, 1.54) is 19.2 Å². The Kier molecular flexibility index (Phi) is 6.60. The van der Waals surface area contributed by atoms with Crippen molar-refractivity contribution in [3.05, 3.63) is 60.3 Å². The summed E-state index contributed by atoms with van der Waals surface area (Å²) in [6.45, 7) is 2.76. The number of hydrogen-bond acceptors (Lipinski definition) is 8. The molecule has 0 bridgehead atoms. The molecule has 2 aromatic carbocycles. The minimum absolute atomic E-state index is 0.195. The molecule has 1 atom stereocenters. The van der Waals surface area contributed by atoms with Crippen LogP contribution in [0.1, 0.15) is 12.6 Å². The van der Waals surface area contributed by atoms with Crippen LogP contribution in [0.25, 0.3) is 11.3 Å². The Bertz CT molecular complexity index is 1330. The van der Waals surface area contributed by atoms with Gasteiger partial charge in [0.05, 0.1) is 18.6 Å². The molecule has 0 radical (unpaired) electrons. The summed E-state index contributed by atoms with van der Waals surface area (Å²) in [4.78, 5) is 19.6. The van der Waals surface area contributed by atoms with Crippen molar-refractivity contribution >= 4 is 21.7 Å². The van der Waals surface area contributed by atoms with Crippen molar-refractivity contribution in [3.63, 3.8) is 0 Å². The normalized spacial score (nSPS) is 14.1. The first-order valence-electron chi connectivity index (χ1n) is 10.5. The molecule has 4 rings (SSSR count). The molecule has 10 heteroatoms. The third-order valence-electron chi connectivity index (χ3n) is 5.03. The second-order valence-electron chi connectivity index (χ2n) is 7.64. The van der Waals surface area contributed by atoms with Gasteiger partial charge in [0.15, 0.2) is 15.9 Å². The van der Waals surface area contributed by atoms with Crippen LogP contribution in [0.2, 0.25) is 0 Å². The van der Waals surface area contributed by atoms with E-state index in [1.807, 2.05) is 12.1 Å². The van der Waals surface area contributed by atoms with Crippen LogP contribution in [0.15, 0.2) is 64.5 Å². The SMILES string of the molecule is COC(=O)C(C)Oc1cc(Oc2ccc(S(C)(=O)=O)cc2)cc(-c2ccc(C3=NCCO3)[nH]2)c1. The zero-order chi connectivity index (χ0) is 24.3. The molecule has 0 fully saturated rings. The first-order chi connectivity index (χ1) is 16.2. The van der Waals surface area contributed by atoms with E-state index in [0.717, 1.165) is 23.2 Å². The molecule has 3 aromatic rings. The molecule has 9 nitrogen and oxygen atoms in total. The van der Waals surface area contributed by atoms with Gasteiger partial charge in [-0.15, -0.1) is 0 Å². The molecule has 0 saturated heterocycles. The molecular formula is C24H24N2O7S. The lowest BCUT2D eigenvalue weighted by Gasteiger charge is -2.15. The molecule has 1 aliphatic rings. The van der Waals surface area contributed by atoms with Crippen LogP contribution < -0.4 is 9.47 Å². The van der Waals surface area contributed by atoms with Gasteiger partial charge in [-0.1, -0.05) is 0 Å². The Labute approximate surface area is 197 Å². The molecular weight excluding hydrogens is 460 g/mol. The van der Waals surface area contributed by atoms with Gasteiger partial charge < -0.3 is 23.9 Å². The highest BCUT2D eigenvalue weighted by atomic mass is 32.2. The summed E-state index contributed by atoms with van der Waals surface area (Å²) in [5.74, 6) is 1.31. The van der Waals surface area contributed by atoms with E-state index in [9.17, 15) is 13.2 Å². The lowest BCUT2D eigenvalue weighted by molar-refractivity contribution is -0.147. The van der Waals surface area contributed by atoms with Gasteiger partial charge in [0.1, 0.15) is 29.5 Å². The van der Waals surface area contributed by atoms with Gasteiger partial charge in [0.2, 0.25) is 5.90 Å². The first kappa shape index (κ1) is 23.4. The van der Waals surface area contributed by atoms with Crippen molar-refractivity contribution in [2.24, 2.45) is 4.99 Å². The molecule has 0 spiro atoms. The third kappa shape index (κ3) is 5.40. The highest BCUT2D eigenvalue weighted by Crippen LogP contribution is 2.33. The first-order valence-corrected chi connectivity index (χ1v) is 12.4. The zero-order valence-electron chi connectivity index (χ0n) is 18.9.